The molecular formula is C29H47F5N4O3S. The van der Waals surface area contributed by atoms with Gasteiger partial charge in [-0.05, 0) is 56.7 Å². The zero-order valence-electron chi connectivity index (χ0n) is 26.0. The normalized spacial score (nSPS) is 13.8. The third kappa shape index (κ3) is 14.8. The van der Waals surface area contributed by atoms with Crippen LogP contribution in [0.2, 0.25) is 0 Å². The first-order valence-electron chi connectivity index (χ1n) is 13.6. The van der Waals surface area contributed by atoms with Crippen molar-refractivity contribution < 1.29 is 35.5 Å². The van der Waals surface area contributed by atoms with Crippen LogP contribution >= 0.6 is 0 Å². The van der Waals surface area contributed by atoms with Crippen molar-refractivity contribution in [3.8, 4) is 0 Å². The number of rotatable bonds is 15. The molecular weight excluding hydrogens is 579 g/mol. The smallest absolute Gasteiger partial charge is 0.268 e. The number of halogens is 5. The Kier molecular flexibility index (Phi) is 20.5. The van der Waals surface area contributed by atoms with Crippen molar-refractivity contribution in [2.75, 3.05) is 38.3 Å². The van der Waals surface area contributed by atoms with Gasteiger partial charge in [0.2, 0.25) is 10.0 Å². The van der Waals surface area contributed by atoms with Crippen LogP contribution < -0.4 is 10.0 Å². The standard InChI is InChI=1S/C25H35F5N4O3S.2C2H6/c1-7-34(14-13-31-38(6,36)37)25(17(3)26)33(5)22(35)12-11-19(27)15-16(2)18(4)32-21-10-8-9-20(28)23(21)24(29)30;2*1-2/h8-12,15,18,22,24,31-32,35H,2,7,13-14H2,1,3-6H3;2*1-2H3/b12-11+,19-15+,25-17-;;/t18-,22?;;/m1../s1. The molecule has 13 heteroatoms. The maximum atomic E-state index is 14.5. The van der Waals surface area contributed by atoms with Crippen molar-refractivity contribution in [2.24, 2.45) is 0 Å². The van der Waals surface area contributed by atoms with E-state index < -0.39 is 51.8 Å². The first-order valence-corrected chi connectivity index (χ1v) is 15.5. The molecule has 0 radical (unpaired) electrons. The van der Waals surface area contributed by atoms with Gasteiger partial charge in [-0.1, -0.05) is 40.3 Å². The quantitative estimate of drug-likeness (QED) is 0.112. The predicted molar refractivity (Wildman–Crippen MR) is 162 cm³/mol. The van der Waals surface area contributed by atoms with Crippen LogP contribution in [-0.4, -0.2) is 68.5 Å². The first-order chi connectivity index (χ1) is 19.6. The zero-order valence-corrected chi connectivity index (χ0v) is 26.8. The largest absolute Gasteiger partial charge is 0.378 e. The number of hydrogen-bond donors (Lipinski definition) is 3. The van der Waals surface area contributed by atoms with Crippen molar-refractivity contribution in [3.05, 3.63) is 77.4 Å². The monoisotopic (exact) mass is 626 g/mol. The topological polar surface area (TPSA) is 84.9 Å². The highest BCUT2D eigenvalue weighted by atomic mass is 32.2. The van der Waals surface area contributed by atoms with Gasteiger partial charge >= 0.3 is 0 Å². The summed E-state index contributed by atoms with van der Waals surface area (Å²) in [4.78, 5) is 2.66. The minimum Gasteiger partial charge on any atom is -0.378 e. The Morgan fingerprint density at radius 1 is 1.17 bits per heavy atom. The van der Waals surface area contributed by atoms with E-state index in [-0.39, 0.29) is 30.2 Å². The SMILES string of the molecule is C=C(/C=C(F)\C=C\C(O)N(C)/C(=C(\C)F)N(CC)CCNS(C)(=O)=O)[C@@H](C)Nc1cccc(F)c1C(F)F.CC.CC. The van der Waals surface area contributed by atoms with E-state index in [0.29, 0.717) is 6.54 Å². The van der Waals surface area contributed by atoms with Crippen LogP contribution in [0.15, 0.2) is 66.1 Å². The van der Waals surface area contributed by atoms with Gasteiger partial charge in [-0.2, -0.15) is 0 Å². The van der Waals surface area contributed by atoms with E-state index in [0.717, 1.165) is 35.5 Å². The molecule has 1 unspecified atom stereocenters. The Morgan fingerprint density at radius 3 is 2.21 bits per heavy atom. The maximum absolute atomic E-state index is 14.5. The van der Waals surface area contributed by atoms with Crippen LogP contribution in [0.3, 0.4) is 0 Å². The second-order valence-electron chi connectivity index (χ2n) is 8.46. The van der Waals surface area contributed by atoms with Gasteiger partial charge < -0.3 is 20.2 Å². The number of nitrogens with one attached hydrogen (secondary N) is 2. The Morgan fingerprint density at radius 2 is 1.74 bits per heavy atom. The number of hydrogen-bond acceptors (Lipinski definition) is 6. The van der Waals surface area contributed by atoms with Crippen molar-refractivity contribution >= 4 is 15.7 Å². The van der Waals surface area contributed by atoms with Crippen LogP contribution in [-0.2, 0) is 10.0 Å². The summed E-state index contributed by atoms with van der Waals surface area (Å²) in [5, 5.41) is 13.2. The van der Waals surface area contributed by atoms with Crippen molar-refractivity contribution in [2.45, 2.75) is 67.2 Å². The van der Waals surface area contributed by atoms with Gasteiger partial charge in [0.25, 0.3) is 6.43 Å². The van der Waals surface area contributed by atoms with E-state index in [1.165, 1.54) is 37.9 Å². The summed E-state index contributed by atoms with van der Waals surface area (Å²) >= 11 is 0. The van der Waals surface area contributed by atoms with Crippen LogP contribution in [0.5, 0.6) is 0 Å². The van der Waals surface area contributed by atoms with Crippen LogP contribution in [0.1, 0.15) is 60.5 Å². The molecule has 0 bridgehead atoms. The van der Waals surface area contributed by atoms with Crippen LogP contribution in [0.4, 0.5) is 27.6 Å². The molecule has 3 N–H and O–H groups in total. The molecule has 0 aliphatic carbocycles. The molecule has 0 aliphatic heterocycles. The van der Waals surface area contributed by atoms with E-state index in [4.69, 9.17) is 0 Å². The molecule has 2 atom stereocenters. The summed E-state index contributed by atoms with van der Waals surface area (Å²) in [6.45, 7) is 16.5. The highest BCUT2D eigenvalue weighted by Gasteiger charge is 2.21. The Labute approximate surface area is 248 Å². The van der Waals surface area contributed by atoms with E-state index >= 15 is 0 Å². The van der Waals surface area contributed by atoms with Gasteiger partial charge in [-0.25, -0.2) is 35.1 Å². The molecule has 1 aromatic carbocycles. The molecule has 0 saturated carbocycles. The maximum Gasteiger partial charge on any atom is 0.268 e. The second-order valence-corrected chi connectivity index (χ2v) is 10.3. The van der Waals surface area contributed by atoms with Crippen LogP contribution in [0.25, 0.3) is 0 Å². The summed E-state index contributed by atoms with van der Waals surface area (Å²) in [6.07, 6.45) is -0.524. The molecule has 242 valence electrons. The van der Waals surface area contributed by atoms with Crippen LogP contribution in [0, 0.1) is 5.82 Å². The number of sulfonamides is 1. The Balaban J connectivity index is 0. The Bertz CT molecular complexity index is 1150. The van der Waals surface area contributed by atoms with E-state index in [9.17, 15) is 35.5 Å². The summed E-state index contributed by atoms with van der Waals surface area (Å²) in [7, 11) is -2.06. The van der Waals surface area contributed by atoms with Crippen molar-refractivity contribution in [1.82, 2.24) is 14.5 Å². The molecule has 0 saturated heterocycles. The summed E-state index contributed by atoms with van der Waals surface area (Å²) in [5.41, 5.74) is -0.804. The fourth-order valence-electron chi connectivity index (χ4n) is 3.46. The minimum absolute atomic E-state index is 0.00333. The fraction of sp³-hybridized carbons (Fsp3) is 0.517. The number of allylic oxidation sites excluding steroid dienone is 3. The molecule has 0 fully saturated rings. The zero-order chi connectivity index (χ0) is 33.2. The molecule has 0 aliphatic rings. The number of likely N-dealkylation sites (N-methyl/N-ethyl adjacent to an activating group) is 2. The van der Waals surface area contributed by atoms with E-state index in [2.05, 4.69) is 16.6 Å². The molecule has 0 spiro atoms. The summed E-state index contributed by atoms with van der Waals surface area (Å²) in [6, 6.07) is 2.70. The molecule has 1 rings (SSSR count). The number of aliphatic hydroxyl groups excluding tert-OH is 1. The molecule has 1 aromatic rings. The number of benzene rings is 1. The van der Waals surface area contributed by atoms with E-state index in [1.54, 1.807) is 6.92 Å². The number of aliphatic hydroxyl groups is 1. The lowest BCUT2D eigenvalue weighted by atomic mass is 10.1. The molecule has 7 nitrogen and oxygen atoms in total. The highest BCUT2D eigenvalue weighted by molar-refractivity contribution is 7.88. The number of nitrogens with zero attached hydrogens (tertiary/aromatic N) is 2. The first kappa shape index (κ1) is 41.2. The third-order valence-electron chi connectivity index (χ3n) is 5.42. The predicted octanol–water partition coefficient (Wildman–Crippen LogP) is 6.86. The van der Waals surface area contributed by atoms with Gasteiger partial charge in [-0.3, -0.25) is 0 Å². The number of anilines is 1. The van der Waals surface area contributed by atoms with E-state index in [1.807, 2.05) is 27.7 Å². The lowest BCUT2D eigenvalue weighted by Crippen LogP contribution is -2.42. The van der Waals surface area contributed by atoms with Gasteiger partial charge in [-0.15, -0.1) is 0 Å². The highest BCUT2D eigenvalue weighted by Crippen LogP contribution is 2.30. The van der Waals surface area contributed by atoms with Crippen molar-refractivity contribution in [3.63, 3.8) is 0 Å². The average molecular weight is 627 g/mol. The third-order valence-corrected chi connectivity index (χ3v) is 6.14. The fourth-order valence-corrected chi connectivity index (χ4v) is 3.92. The lowest BCUT2D eigenvalue weighted by molar-refractivity contribution is 0.0574. The molecule has 42 heavy (non-hydrogen) atoms. The second kappa shape index (κ2) is 20.9. The lowest BCUT2D eigenvalue weighted by Gasteiger charge is -2.35. The van der Waals surface area contributed by atoms with Gasteiger partial charge in [0.15, 0.2) is 0 Å². The van der Waals surface area contributed by atoms with Gasteiger partial charge in [0, 0.05) is 38.4 Å². The average Bonchev–Trinajstić information content (AvgIpc) is 2.92. The molecule has 0 aromatic heterocycles. The Hall–Kier alpha value is -2.90. The van der Waals surface area contributed by atoms with Gasteiger partial charge in [0.1, 0.15) is 29.5 Å². The molecule has 0 heterocycles. The minimum atomic E-state index is -3.44. The van der Waals surface area contributed by atoms with Gasteiger partial charge in [0.05, 0.1) is 11.8 Å². The van der Waals surface area contributed by atoms with Crippen molar-refractivity contribution in [1.29, 1.82) is 0 Å². The summed E-state index contributed by atoms with van der Waals surface area (Å²) < 4.78 is 94.0. The molecule has 0 amide bonds. The number of alkyl halides is 2. The summed E-state index contributed by atoms with van der Waals surface area (Å²) in [5.74, 6) is -2.57.